The van der Waals surface area contributed by atoms with E-state index in [-0.39, 0.29) is 11.9 Å². The molecule has 33 heavy (non-hydrogen) atoms. The number of amides is 1. The molecular weight excluding hydrogens is 418 g/mol. The van der Waals surface area contributed by atoms with Gasteiger partial charge in [0.25, 0.3) is 0 Å². The third kappa shape index (κ3) is 7.39. The Hall–Kier alpha value is -2.22. The minimum absolute atomic E-state index is 0.120. The van der Waals surface area contributed by atoms with Crippen molar-refractivity contribution in [3.8, 4) is 11.4 Å². The lowest BCUT2D eigenvalue weighted by molar-refractivity contribution is -0.151. The van der Waals surface area contributed by atoms with Crippen LogP contribution in [-0.4, -0.2) is 66.7 Å². The summed E-state index contributed by atoms with van der Waals surface area (Å²) in [5.41, 5.74) is 2.32. The van der Waals surface area contributed by atoms with Crippen LogP contribution in [0.15, 0.2) is 36.7 Å². The number of imidazole rings is 1. The van der Waals surface area contributed by atoms with Crippen molar-refractivity contribution < 1.29 is 19.0 Å². The van der Waals surface area contributed by atoms with Crippen LogP contribution in [-0.2, 0) is 32.0 Å². The van der Waals surface area contributed by atoms with Gasteiger partial charge in [-0.3, -0.25) is 4.79 Å². The van der Waals surface area contributed by atoms with Gasteiger partial charge in [0.2, 0.25) is 5.91 Å². The summed E-state index contributed by atoms with van der Waals surface area (Å²) in [6, 6.07) is 8.70. The van der Waals surface area contributed by atoms with Gasteiger partial charge >= 0.3 is 0 Å². The molecule has 0 radical (unpaired) electrons. The first-order valence-electron chi connectivity index (χ1n) is 12.2. The molecule has 1 fully saturated rings. The number of ether oxygens (including phenoxy) is 3. The first-order valence-corrected chi connectivity index (χ1v) is 12.2. The second-order valence-corrected chi connectivity index (χ2v) is 8.59. The lowest BCUT2D eigenvalue weighted by atomic mass is 9.94. The summed E-state index contributed by atoms with van der Waals surface area (Å²) < 4.78 is 18.7. The third-order valence-corrected chi connectivity index (χ3v) is 6.44. The predicted molar refractivity (Wildman–Crippen MR) is 129 cm³/mol. The molecule has 0 N–H and O–H groups in total. The second kappa shape index (κ2) is 13.5. The average molecular weight is 458 g/mol. The van der Waals surface area contributed by atoms with Crippen LogP contribution < -0.4 is 0 Å². The van der Waals surface area contributed by atoms with Gasteiger partial charge in [-0.05, 0) is 37.8 Å². The van der Waals surface area contributed by atoms with Crippen LogP contribution in [0.1, 0.15) is 51.0 Å². The maximum Gasteiger partial charge on any atom is 0.225 e. The zero-order valence-corrected chi connectivity index (χ0v) is 20.4. The molecule has 1 aliphatic carbocycles. The number of carbonyl (C=O) groups is 1. The smallest absolute Gasteiger partial charge is 0.225 e. The van der Waals surface area contributed by atoms with Gasteiger partial charge in [0, 0.05) is 44.8 Å². The lowest BCUT2D eigenvalue weighted by Crippen LogP contribution is -2.46. The van der Waals surface area contributed by atoms with Gasteiger partial charge in [-0.25, -0.2) is 4.98 Å². The van der Waals surface area contributed by atoms with Crippen LogP contribution in [0, 0.1) is 0 Å². The molecule has 0 spiro atoms. The molecule has 7 nitrogen and oxygen atoms in total. The fourth-order valence-electron chi connectivity index (χ4n) is 4.54. The molecule has 7 heteroatoms. The van der Waals surface area contributed by atoms with E-state index in [9.17, 15) is 4.79 Å². The number of carbonyl (C=O) groups excluding carboxylic acids is 1. The van der Waals surface area contributed by atoms with E-state index >= 15 is 0 Å². The van der Waals surface area contributed by atoms with E-state index in [4.69, 9.17) is 14.2 Å². The molecule has 0 bridgehead atoms. The van der Waals surface area contributed by atoms with E-state index in [1.165, 1.54) is 24.8 Å². The maximum absolute atomic E-state index is 13.0. The summed E-state index contributed by atoms with van der Waals surface area (Å²) >= 11 is 0. The van der Waals surface area contributed by atoms with Gasteiger partial charge in [-0.1, -0.05) is 37.5 Å². The van der Waals surface area contributed by atoms with Crippen LogP contribution in [0.2, 0.25) is 0 Å². The van der Waals surface area contributed by atoms with Crippen molar-refractivity contribution in [2.75, 3.05) is 34.0 Å². The van der Waals surface area contributed by atoms with E-state index in [1.54, 1.807) is 14.2 Å². The first-order chi connectivity index (χ1) is 16.2. The van der Waals surface area contributed by atoms with Crippen LogP contribution in [0.4, 0.5) is 0 Å². The summed E-state index contributed by atoms with van der Waals surface area (Å²) in [4.78, 5) is 19.4. The molecule has 0 aliphatic heterocycles. The number of aromatic nitrogens is 2. The average Bonchev–Trinajstić information content (AvgIpc) is 3.34. The quantitative estimate of drug-likeness (QED) is 0.331. The molecule has 2 aromatic rings. The Balaban J connectivity index is 1.47. The predicted octanol–water partition coefficient (Wildman–Crippen LogP) is 4.30. The van der Waals surface area contributed by atoms with Gasteiger partial charge in [-0.15, -0.1) is 0 Å². The highest BCUT2D eigenvalue weighted by Crippen LogP contribution is 2.24. The van der Waals surface area contributed by atoms with Crippen molar-refractivity contribution in [3.05, 3.63) is 42.2 Å². The zero-order valence-electron chi connectivity index (χ0n) is 20.4. The maximum atomic E-state index is 13.0. The van der Waals surface area contributed by atoms with E-state index in [2.05, 4.69) is 40.7 Å². The molecule has 182 valence electrons. The van der Waals surface area contributed by atoms with Crippen molar-refractivity contribution in [2.24, 2.45) is 0 Å². The Labute approximate surface area is 198 Å². The summed E-state index contributed by atoms with van der Waals surface area (Å²) in [7, 11) is 3.23. The standard InChI is InChI=1S/C26H39N3O4/c1-4-28-16-15-27-26(28)22-10-8-9-21(19-22)13-17-33-18-14-24(30)29(20-25(31-2)32-3)23-11-6-5-7-12-23/h8-10,15-16,19,23,25H,4-7,11-14,17-18,20H2,1-3H3. The molecule has 0 atom stereocenters. The number of hydrogen-bond donors (Lipinski definition) is 0. The Morgan fingerprint density at radius 2 is 1.97 bits per heavy atom. The Kier molecular flexibility index (Phi) is 10.4. The highest BCUT2D eigenvalue weighted by atomic mass is 16.7. The van der Waals surface area contributed by atoms with Gasteiger partial charge in [0.15, 0.2) is 6.29 Å². The van der Waals surface area contributed by atoms with Gasteiger partial charge in [0.1, 0.15) is 5.82 Å². The first kappa shape index (κ1) is 25.4. The van der Waals surface area contributed by atoms with Crippen LogP contribution in [0.5, 0.6) is 0 Å². The third-order valence-electron chi connectivity index (χ3n) is 6.44. The minimum Gasteiger partial charge on any atom is -0.381 e. The number of benzene rings is 1. The summed E-state index contributed by atoms with van der Waals surface area (Å²) in [5.74, 6) is 1.11. The van der Waals surface area contributed by atoms with Crippen LogP contribution in [0.25, 0.3) is 11.4 Å². The molecule has 3 rings (SSSR count). The molecule has 0 saturated heterocycles. The van der Waals surface area contributed by atoms with Crippen molar-refractivity contribution in [1.29, 1.82) is 0 Å². The van der Waals surface area contributed by atoms with Crippen molar-refractivity contribution in [1.82, 2.24) is 14.5 Å². The van der Waals surface area contributed by atoms with Crippen LogP contribution >= 0.6 is 0 Å². The molecule has 1 saturated carbocycles. The number of aryl methyl sites for hydroxylation is 1. The van der Waals surface area contributed by atoms with Gasteiger partial charge in [0.05, 0.1) is 26.2 Å². The molecule has 1 aromatic carbocycles. The van der Waals surface area contributed by atoms with E-state index < -0.39 is 6.29 Å². The van der Waals surface area contributed by atoms with E-state index in [1.807, 2.05) is 17.3 Å². The van der Waals surface area contributed by atoms with Crippen molar-refractivity contribution in [2.45, 2.75) is 70.7 Å². The molecule has 1 amide bonds. The topological polar surface area (TPSA) is 65.8 Å². The fourth-order valence-corrected chi connectivity index (χ4v) is 4.54. The highest BCUT2D eigenvalue weighted by Gasteiger charge is 2.27. The summed E-state index contributed by atoms with van der Waals surface area (Å²) in [5, 5.41) is 0. The van der Waals surface area contributed by atoms with Gasteiger partial charge in [-0.2, -0.15) is 0 Å². The SMILES string of the molecule is CCn1ccnc1-c1cccc(CCOCCC(=O)N(CC(OC)OC)C2CCCCC2)c1. The zero-order chi connectivity index (χ0) is 23.5. The number of hydrogen-bond acceptors (Lipinski definition) is 5. The molecule has 1 aliphatic rings. The van der Waals surface area contributed by atoms with Gasteiger partial charge < -0.3 is 23.7 Å². The van der Waals surface area contributed by atoms with Crippen molar-refractivity contribution in [3.63, 3.8) is 0 Å². The second-order valence-electron chi connectivity index (χ2n) is 8.59. The minimum atomic E-state index is -0.396. The highest BCUT2D eigenvalue weighted by molar-refractivity contribution is 5.76. The largest absolute Gasteiger partial charge is 0.381 e. The molecule has 1 aromatic heterocycles. The summed E-state index contributed by atoms with van der Waals surface area (Å²) in [6.07, 6.45) is 10.3. The Morgan fingerprint density at radius 3 is 2.70 bits per heavy atom. The fraction of sp³-hybridized carbons (Fsp3) is 0.615. The Morgan fingerprint density at radius 1 is 1.18 bits per heavy atom. The van der Waals surface area contributed by atoms with Crippen molar-refractivity contribution >= 4 is 5.91 Å². The van der Waals surface area contributed by atoms with E-state index in [0.29, 0.717) is 26.2 Å². The monoisotopic (exact) mass is 457 g/mol. The Bertz CT molecular complexity index is 844. The summed E-state index contributed by atoms with van der Waals surface area (Å²) in [6.45, 7) is 4.49. The molecule has 0 unspecified atom stereocenters. The molecular formula is C26H39N3O4. The normalized spacial score (nSPS) is 14.7. The number of rotatable bonds is 13. The van der Waals surface area contributed by atoms with Crippen LogP contribution in [0.3, 0.4) is 0 Å². The lowest BCUT2D eigenvalue weighted by Gasteiger charge is -2.36. The number of nitrogens with zero attached hydrogens (tertiary/aromatic N) is 3. The van der Waals surface area contributed by atoms with E-state index in [0.717, 1.165) is 37.2 Å². The molecule has 1 heterocycles. The number of methoxy groups -OCH3 is 2.